The van der Waals surface area contributed by atoms with Gasteiger partial charge in [-0.25, -0.2) is 9.67 Å². The Bertz CT molecular complexity index is 960. The highest BCUT2D eigenvalue weighted by Crippen LogP contribution is 2.23. The number of aromatic nitrogens is 3. The molecule has 150 valence electrons. The van der Waals surface area contributed by atoms with Crippen LogP contribution < -0.4 is 10.2 Å². The van der Waals surface area contributed by atoms with E-state index < -0.39 is 4.92 Å². The third kappa shape index (κ3) is 4.95. The van der Waals surface area contributed by atoms with Crippen molar-refractivity contribution in [3.8, 4) is 5.69 Å². The summed E-state index contributed by atoms with van der Waals surface area (Å²) >= 11 is 0. The van der Waals surface area contributed by atoms with Crippen molar-refractivity contribution in [2.45, 2.75) is 13.3 Å². The van der Waals surface area contributed by atoms with Gasteiger partial charge in [0.15, 0.2) is 0 Å². The van der Waals surface area contributed by atoms with E-state index in [1.165, 1.54) is 29.5 Å². The van der Waals surface area contributed by atoms with Crippen LogP contribution in [0, 0.1) is 10.1 Å². The zero-order valence-electron chi connectivity index (χ0n) is 16.1. The number of anilines is 1. The number of para-hydroxylation sites is 1. The number of hydrogen-bond donors (Lipinski definition) is 1. The molecule has 3 rings (SSSR count). The van der Waals surface area contributed by atoms with Crippen LogP contribution in [-0.4, -0.2) is 45.2 Å². The zero-order chi connectivity index (χ0) is 20.6. The van der Waals surface area contributed by atoms with Crippen molar-refractivity contribution >= 4 is 17.3 Å². The van der Waals surface area contributed by atoms with Crippen LogP contribution in [0.1, 0.15) is 23.7 Å². The molecule has 0 saturated heterocycles. The van der Waals surface area contributed by atoms with Gasteiger partial charge in [-0.3, -0.25) is 14.9 Å². The Kier molecular flexibility index (Phi) is 6.51. The number of hydrogen-bond acceptors (Lipinski definition) is 6. The standard InChI is InChI=1S/C20H22N6O3/c1-2-24(17-7-4-3-5-8-17)12-6-11-22-20(27)16-9-10-18(19(13-16)26(28)29)25-15-21-14-23-25/h3-5,7-10,13-15H,2,6,11-12H2,1H3,(H,22,27). The van der Waals surface area contributed by atoms with Crippen molar-refractivity contribution in [1.29, 1.82) is 0 Å². The lowest BCUT2D eigenvalue weighted by molar-refractivity contribution is -0.384. The highest BCUT2D eigenvalue weighted by Gasteiger charge is 2.19. The van der Waals surface area contributed by atoms with E-state index in [4.69, 9.17) is 0 Å². The van der Waals surface area contributed by atoms with Crippen molar-refractivity contribution in [2.75, 3.05) is 24.5 Å². The molecule has 1 amide bonds. The van der Waals surface area contributed by atoms with Crippen LogP contribution in [0.25, 0.3) is 5.69 Å². The average molecular weight is 394 g/mol. The predicted molar refractivity (Wildman–Crippen MR) is 109 cm³/mol. The van der Waals surface area contributed by atoms with Gasteiger partial charge in [0.1, 0.15) is 18.3 Å². The fraction of sp³-hybridized carbons (Fsp3) is 0.250. The van der Waals surface area contributed by atoms with E-state index >= 15 is 0 Å². The Morgan fingerprint density at radius 1 is 1.24 bits per heavy atom. The maximum Gasteiger partial charge on any atom is 0.295 e. The first-order valence-corrected chi connectivity index (χ1v) is 9.31. The number of nitrogens with one attached hydrogen (secondary N) is 1. The molecule has 3 aromatic rings. The minimum atomic E-state index is -0.535. The highest BCUT2D eigenvalue weighted by atomic mass is 16.6. The predicted octanol–water partition coefficient (Wildman–Crippen LogP) is 2.82. The molecular weight excluding hydrogens is 372 g/mol. The third-order valence-electron chi connectivity index (χ3n) is 4.49. The van der Waals surface area contributed by atoms with E-state index in [1.807, 2.05) is 18.2 Å². The molecule has 9 heteroatoms. The molecular formula is C20H22N6O3. The molecule has 0 saturated carbocycles. The molecule has 2 aromatic carbocycles. The van der Waals surface area contributed by atoms with Gasteiger partial charge in [0.25, 0.3) is 11.6 Å². The monoisotopic (exact) mass is 394 g/mol. The molecule has 0 aliphatic heterocycles. The van der Waals surface area contributed by atoms with Crippen LogP contribution in [0.5, 0.6) is 0 Å². The average Bonchev–Trinajstić information content (AvgIpc) is 3.28. The maximum atomic E-state index is 12.4. The van der Waals surface area contributed by atoms with Crippen molar-refractivity contribution in [3.05, 3.63) is 76.9 Å². The molecule has 0 bridgehead atoms. The Balaban J connectivity index is 1.59. The second-order valence-corrected chi connectivity index (χ2v) is 6.33. The van der Waals surface area contributed by atoms with Gasteiger partial charge in [-0.1, -0.05) is 18.2 Å². The fourth-order valence-electron chi connectivity index (χ4n) is 3.02. The molecule has 1 aromatic heterocycles. The largest absolute Gasteiger partial charge is 0.372 e. The zero-order valence-corrected chi connectivity index (χ0v) is 16.1. The summed E-state index contributed by atoms with van der Waals surface area (Å²) in [5.41, 5.74) is 1.42. The van der Waals surface area contributed by atoms with Crippen molar-refractivity contribution in [3.63, 3.8) is 0 Å². The number of nitrogens with zero attached hydrogens (tertiary/aromatic N) is 5. The van der Waals surface area contributed by atoms with Gasteiger partial charge in [-0.05, 0) is 37.6 Å². The summed E-state index contributed by atoms with van der Waals surface area (Å²) in [6.07, 6.45) is 3.42. The summed E-state index contributed by atoms with van der Waals surface area (Å²) < 4.78 is 1.29. The fourth-order valence-corrected chi connectivity index (χ4v) is 3.02. The van der Waals surface area contributed by atoms with E-state index in [0.717, 1.165) is 25.2 Å². The molecule has 1 N–H and O–H groups in total. The Morgan fingerprint density at radius 3 is 2.69 bits per heavy atom. The molecule has 0 fully saturated rings. The molecule has 0 aliphatic carbocycles. The lowest BCUT2D eigenvalue weighted by Crippen LogP contribution is -2.30. The maximum absolute atomic E-state index is 12.4. The number of carbonyl (C=O) groups is 1. The topological polar surface area (TPSA) is 106 Å². The number of nitro benzene ring substituents is 1. The first-order valence-electron chi connectivity index (χ1n) is 9.31. The highest BCUT2D eigenvalue weighted by molar-refractivity contribution is 5.95. The van der Waals surface area contributed by atoms with E-state index in [9.17, 15) is 14.9 Å². The second-order valence-electron chi connectivity index (χ2n) is 6.33. The van der Waals surface area contributed by atoms with Crippen molar-refractivity contribution < 1.29 is 9.72 Å². The molecule has 0 aliphatic rings. The molecule has 29 heavy (non-hydrogen) atoms. The van der Waals surface area contributed by atoms with Gasteiger partial charge in [0.05, 0.1) is 4.92 Å². The lowest BCUT2D eigenvalue weighted by atomic mass is 10.1. The van der Waals surface area contributed by atoms with Gasteiger partial charge >= 0.3 is 0 Å². The molecule has 1 heterocycles. The summed E-state index contributed by atoms with van der Waals surface area (Å²) in [6, 6.07) is 14.4. The van der Waals surface area contributed by atoms with Crippen LogP contribution in [0.4, 0.5) is 11.4 Å². The van der Waals surface area contributed by atoms with Crippen molar-refractivity contribution in [1.82, 2.24) is 20.1 Å². The Labute approximate surface area is 168 Å². The van der Waals surface area contributed by atoms with Gasteiger partial charge in [0, 0.05) is 37.0 Å². The second kappa shape index (κ2) is 9.45. The third-order valence-corrected chi connectivity index (χ3v) is 4.49. The lowest BCUT2D eigenvalue weighted by Gasteiger charge is -2.23. The number of rotatable bonds is 9. The molecule has 0 spiro atoms. The molecule has 0 atom stereocenters. The summed E-state index contributed by atoms with van der Waals surface area (Å²) in [5, 5.41) is 18.1. The van der Waals surface area contributed by atoms with Gasteiger partial charge in [-0.2, -0.15) is 5.10 Å². The number of benzene rings is 2. The smallest absolute Gasteiger partial charge is 0.295 e. The van der Waals surface area contributed by atoms with Crippen LogP contribution in [0.3, 0.4) is 0 Å². The Hall–Kier alpha value is -3.75. The van der Waals surface area contributed by atoms with Crippen molar-refractivity contribution in [2.24, 2.45) is 0 Å². The van der Waals surface area contributed by atoms with Crippen LogP contribution in [0.15, 0.2) is 61.2 Å². The van der Waals surface area contributed by atoms with Crippen LogP contribution in [0.2, 0.25) is 0 Å². The molecule has 9 nitrogen and oxygen atoms in total. The molecule has 0 unspecified atom stereocenters. The number of amides is 1. The van der Waals surface area contributed by atoms with Crippen LogP contribution in [-0.2, 0) is 0 Å². The van der Waals surface area contributed by atoms with Gasteiger partial charge in [-0.15, -0.1) is 0 Å². The normalized spacial score (nSPS) is 10.5. The first-order chi connectivity index (χ1) is 14.1. The molecule has 0 radical (unpaired) electrons. The minimum Gasteiger partial charge on any atom is -0.372 e. The summed E-state index contributed by atoms with van der Waals surface area (Å²) in [6.45, 7) is 4.22. The Morgan fingerprint density at radius 2 is 2.03 bits per heavy atom. The summed E-state index contributed by atoms with van der Waals surface area (Å²) in [7, 11) is 0. The summed E-state index contributed by atoms with van der Waals surface area (Å²) in [4.78, 5) is 29.3. The van der Waals surface area contributed by atoms with E-state index in [2.05, 4.69) is 39.4 Å². The first kappa shape index (κ1) is 20.0. The van der Waals surface area contributed by atoms with Gasteiger partial charge in [0.2, 0.25) is 0 Å². The minimum absolute atomic E-state index is 0.204. The quantitative estimate of drug-likeness (QED) is 0.340. The van der Waals surface area contributed by atoms with E-state index in [1.54, 1.807) is 6.07 Å². The number of carbonyl (C=O) groups excluding carboxylic acids is 1. The van der Waals surface area contributed by atoms with Gasteiger partial charge < -0.3 is 10.2 Å². The van der Waals surface area contributed by atoms with E-state index in [0.29, 0.717) is 6.54 Å². The summed E-state index contributed by atoms with van der Waals surface area (Å²) in [5.74, 6) is -0.346. The van der Waals surface area contributed by atoms with E-state index in [-0.39, 0.29) is 22.8 Å². The SMILES string of the molecule is CCN(CCCNC(=O)c1ccc(-n2cncn2)c([N+](=O)[O-])c1)c1ccccc1. The number of nitro groups is 1. The van der Waals surface area contributed by atoms with Crippen LogP contribution >= 0.6 is 0 Å².